The second-order valence-corrected chi connectivity index (χ2v) is 5.00. The molecule has 0 radical (unpaired) electrons. The Hall–Kier alpha value is -2.53. The number of carbonyl (C=O) groups excluding carboxylic acids is 1. The summed E-state index contributed by atoms with van der Waals surface area (Å²) in [5.74, 6) is -1.92. The van der Waals surface area contributed by atoms with E-state index in [0.717, 1.165) is 0 Å². The molecule has 0 aliphatic carbocycles. The standard InChI is InChI=1S/C14H15BN2O5/c16-7-2-1-6-12(18)17-11-8-9-4-3-5-10(14(19)20)13(9)22-15(11)21/h3-5,11,21H,1-2,6,8H2,(H,17,18)(H,19,20)/t11-/m0/s1. The quantitative estimate of drug-likeness (QED) is 0.538. The predicted molar refractivity (Wildman–Crippen MR) is 77.1 cm³/mol. The SMILES string of the molecule is N#CCCCC(=O)N[C@H]1Cc2cccc(C(=O)O)c2OB1O. The third-order valence-corrected chi connectivity index (χ3v) is 3.39. The van der Waals surface area contributed by atoms with E-state index in [-0.39, 0.29) is 30.1 Å². The summed E-state index contributed by atoms with van der Waals surface area (Å²) in [6, 6.07) is 6.64. The first-order chi connectivity index (χ1) is 10.5. The van der Waals surface area contributed by atoms with Gasteiger partial charge >= 0.3 is 13.1 Å². The molecule has 2 rings (SSSR count). The normalized spacial score (nSPS) is 16.2. The first kappa shape index (κ1) is 15.9. The van der Waals surface area contributed by atoms with Gasteiger partial charge in [0, 0.05) is 12.8 Å². The lowest BCUT2D eigenvalue weighted by Crippen LogP contribution is -2.53. The fourth-order valence-corrected chi connectivity index (χ4v) is 2.32. The lowest BCUT2D eigenvalue weighted by Gasteiger charge is -2.28. The number of amides is 1. The summed E-state index contributed by atoms with van der Waals surface area (Å²) in [5, 5.41) is 30.1. The van der Waals surface area contributed by atoms with E-state index in [1.54, 1.807) is 12.1 Å². The van der Waals surface area contributed by atoms with E-state index in [1.807, 2.05) is 6.07 Å². The van der Waals surface area contributed by atoms with Crippen LogP contribution < -0.4 is 9.97 Å². The van der Waals surface area contributed by atoms with Crippen LogP contribution in [0, 0.1) is 11.3 Å². The molecule has 0 fully saturated rings. The number of carboxylic acid groups (broad SMARTS) is 1. The van der Waals surface area contributed by atoms with Crippen molar-refractivity contribution >= 4 is 19.0 Å². The highest BCUT2D eigenvalue weighted by Crippen LogP contribution is 2.30. The third-order valence-electron chi connectivity index (χ3n) is 3.39. The average molecular weight is 302 g/mol. The van der Waals surface area contributed by atoms with Crippen LogP contribution >= 0.6 is 0 Å². The number of fused-ring (bicyclic) bond motifs is 1. The molecular weight excluding hydrogens is 287 g/mol. The van der Waals surface area contributed by atoms with E-state index in [2.05, 4.69) is 5.32 Å². The van der Waals surface area contributed by atoms with Crippen molar-refractivity contribution in [3.05, 3.63) is 29.3 Å². The van der Waals surface area contributed by atoms with Crippen LogP contribution in [0.3, 0.4) is 0 Å². The molecule has 0 unspecified atom stereocenters. The van der Waals surface area contributed by atoms with Gasteiger partial charge in [-0.25, -0.2) is 4.79 Å². The zero-order chi connectivity index (χ0) is 16.1. The minimum atomic E-state index is -1.31. The van der Waals surface area contributed by atoms with Crippen molar-refractivity contribution in [1.29, 1.82) is 5.26 Å². The number of nitriles is 1. The maximum absolute atomic E-state index is 11.7. The van der Waals surface area contributed by atoms with Crippen LogP contribution in [0.15, 0.2) is 18.2 Å². The van der Waals surface area contributed by atoms with E-state index in [4.69, 9.17) is 15.0 Å². The highest BCUT2D eigenvalue weighted by Gasteiger charge is 2.37. The molecule has 7 nitrogen and oxygen atoms in total. The van der Waals surface area contributed by atoms with Gasteiger partial charge in [-0.15, -0.1) is 0 Å². The van der Waals surface area contributed by atoms with E-state index in [9.17, 15) is 14.6 Å². The first-order valence-electron chi connectivity index (χ1n) is 6.89. The number of nitrogens with zero attached hydrogens (tertiary/aromatic N) is 1. The number of nitrogens with one attached hydrogen (secondary N) is 1. The van der Waals surface area contributed by atoms with E-state index in [0.29, 0.717) is 18.4 Å². The van der Waals surface area contributed by atoms with Crippen molar-refractivity contribution in [2.45, 2.75) is 31.6 Å². The second kappa shape index (κ2) is 6.96. The van der Waals surface area contributed by atoms with Crippen LogP contribution in [0.2, 0.25) is 0 Å². The van der Waals surface area contributed by atoms with Crippen molar-refractivity contribution in [2.75, 3.05) is 0 Å². The van der Waals surface area contributed by atoms with Crippen molar-refractivity contribution in [3.8, 4) is 11.8 Å². The molecular formula is C14H15BN2O5. The van der Waals surface area contributed by atoms with E-state index >= 15 is 0 Å². The number of carboxylic acids is 1. The Morgan fingerprint density at radius 3 is 2.95 bits per heavy atom. The van der Waals surface area contributed by atoms with Crippen LogP contribution in [-0.2, 0) is 11.2 Å². The summed E-state index contributed by atoms with van der Waals surface area (Å²) in [4.78, 5) is 22.9. The number of rotatable bonds is 5. The molecule has 8 heteroatoms. The zero-order valence-corrected chi connectivity index (χ0v) is 11.8. The smallest absolute Gasteiger partial charge is 0.534 e. The molecule has 22 heavy (non-hydrogen) atoms. The van der Waals surface area contributed by atoms with Crippen molar-refractivity contribution < 1.29 is 24.4 Å². The Balaban J connectivity index is 2.06. The van der Waals surface area contributed by atoms with Gasteiger partial charge in [0.2, 0.25) is 5.91 Å². The minimum Gasteiger partial charge on any atom is -0.534 e. The Bertz CT molecular complexity index is 628. The van der Waals surface area contributed by atoms with Gasteiger partial charge in [-0.2, -0.15) is 5.26 Å². The van der Waals surface area contributed by atoms with Gasteiger partial charge in [-0.1, -0.05) is 12.1 Å². The maximum Gasteiger partial charge on any atom is 0.547 e. The van der Waals surface area contributed by atoms with Crippen molar-refractivity contribution in [2.24, 2.45) is 0 Å². The third kappa shape index (κ3) is 3.57. The number of carbonyl (C=O) groups is 2. The molecule has 0 aromatic heterocycles. The van der Waals surface area contributed by atoms with Crippen molar-refractivity contribution in [1.82, 2.24) is 5.32 Å². The molecule has 0 saturated heterocycles. The van der Waals surface area contributed by atoms with Crippen LogP contribution in [0.25, 0.3) is 0 Å². The number of aromatic carboxylic acids is 1. The fourth-order valence-electron chi connectivity index (χ4n) is 2.32. The monoisotopic (exact) mass is 302 g/mol. The van der Waals surface area contributed by atoms with E-state index < -0.39 is 19.0 Å². The summed E-state index contributed by atoms with van der Waals surface area (Å²) in [6.45, 7) is 0. The molecule has 1 aliphatic heterocycles. The Morgan fingerprint density at radius 2 is 2.27 bits per heavy atom. The topological polar surface area (TPSA) is 120 Å². The van der Waals surface area contributed by atoms with Gasteiger partial charge < -0.3 is 20.1 Å². The molecule has 1 atom stereocenters. The Morgan fingerprint density at radius 1 is 1.50 bits per heavy atom. The van der Waals surface area contributed by atoms with Gasteiger partial charge in [0.15, 0.2) is 0 Å². The van der Waals surface area contributed by atoms with Crippen LogP contribution in [-0.4, -0.2) is 35.1 Å². The van der Waals surface area contributed by atoms with Crippen LogP contribution in [0.5, 0.6) is 5.75 Å². The molecule has 1 aliphatic rings. The Kier molecular flexibility index (Phi) is 5.01. The van der Waals surface area contributed by atoms with Gasteiger partial charge in [0.1, 0.15) is 5.75 Å². The lowest BCUT2D eigenvalue weighted by molar-refractivity contribution is -0.121. The van der Waals surface area contributed by atoms with Gasteiger partial charge in [-0.05, 0) is 24.5 Å². The number of unbranched alkanes of at least 4 members (excludes halogenated alkanes) is 1. The summed E-state index contributed by atoms with van der Waals surface area (Å²) >= 11 is 0. The molecule has 1 amide bonds. The largest absolute Gasteiger partial charge is 0.547 e. The van der Waals surface area contributed by atoms with Crippen LogP contribution in [0.4, 0.5) is 0 Å². The first-order valence-corrected chi connectivity index (χ1v) is 6.89. The zero-order valence-electron chi connectivity index (χ0n) is 11.8. The molecule has 114 valence electrons. The number of hydrogen-bond donors (Lipinski definition) is 3. The minimum absolute atomic E-state index is 0.0182. The summed E-state index contributed by atoms with van der Waals surface area (Å²) in [5.41, 5.74) is 0.600. The van der Waals surface area contributed by atoms with E-state index in [1.165, 1.54) is 6.07 Å². The highest BCUT2D eigenvalue weighted by molar-refractivity contribution is 6.47. The van der Waals surface area contributed by atoms with Crippen LogP contribution in [0.1, 0.15) is 35.2 Å². The summed E-state index contributed by atoms with van der Waals surface area (Å²) in [6.07, 6.45) is 1.22. The maximum atomic E-state index is 11.7. The van der Waals surface area contributed by atoms with Gasteiger partial charge in [0.25, 0.3) is 0 Å². The number of benzene rings is 1. The second-order valence-electron chi connectivity index (χ2n) is 5.00. The predicted octanol–water partition coefficient (Wildman–Crippen LogP) is 0.518. The molecule has 0 saturated carbocycles. The number of para-hydroxylation sites is 1. The molecule has 0 bridgehead atoms. The highest BCUT2D eigenvalue weighted by atomic mass is 16.5. The van der Waals surface area contributed by atoms with Gasteiger partial charge in [0.05, 0.1) is 17.6 Å². The molecule has 1 aromatic carbocycles. The molecule has 3 N–H and O–H groups in total. The lowest BCUT2D eigenvalue weighted by atomic mass is 9.72. The number of hydrogen-bond acceptors (Lipinski definition) is 5. The van der Waals surface area contributed by atoms with Crippen molar-refractivity contribution in [3.63, 3.8) is 0 Å². The summed E-state index contributed by atoms with van der Waals surface area (Å²) in [7, 11) is -1.31. The van der Waals surface area contributed by atoms with Gasteiger partial charge in [-0.3, -0.25) is 4.79 Å². The fraction of sp³-hybridized carbons (Fsp3) is 0.357. The molecule has 1 heterocycles. The Labute approximate surface area is 127 Å². The molecule has 0 spiro atoms. The summed E-state index contributed by atoms with van der Waals surface area (Å²) < 4.78 is 5.27. The molecule has 1 aromatic rings. The average Bonchev–Trinajstić information content (AvgIpc) is 2.47.